The zero-order chi connectivity index (χ0) is 14.7. The quantitative estimate of drug-likeness (QED) is 0.839. The van der Waals surface area contributed by atoms with E-state index in [1.54, 1.807) is 14.2 Å². The first-order valence-corrected chi connectivity index (χ1v) is 6.43. The summed E-state index contributed by atoms with van der Waals surface area (Å²) < 4.78 is 10.5. The monoisotopic (exact) mass is 272 g/mol. The Labute approximate surface area is 119 Å². The Balaban J connectivity index is 2.38. The molecule has 0 heterocycles. The number of methoxy groups -OCH3 is 2. The minimum atomic E-state index is 0.194. The topological polar surface area (TPSA) is 70.5 Å². The van der Waals surface area contributed by atoms with Gasteiger partial charge in [-0.2, -0.15) is 0 Å². The van der Waals surface area contributed by atoms with Crippen LogP contribution in [0.1, 0.15) is 24.0 Å². The Bertz CT molecular complexity index is 558. The van der Waals surface area contributed by atoms with Crippen LogP contribution in [0.4, 0.5) is 11.4 Å². The highest BCUT2D eigenvalue weighted by molar-refractivity contribution is 5.57. The first-order chi connectivity index (χ1) is 9.56. The van der Waals surface area contributed by atoms with Crippen molar-refractivity contribution in [3.63, 3.8) is 0 Å². The molecule has 2 rings (SSSR count). The Hall–Kier alpha value is -2.36. The van der Waals surface area contributed by atoms with E-state index in [1.165, 1.54) is 0 Å². The summed E-state index contributed by atoms with van der Waals surface area (Å²) in [6.45, 7) is 2.12. The van der Waals surface area contributed by atoms with Gasteiger partial charge in [0.15, 0.2) is 0 Å². The summed E-state index contributed by atoms with van der Waals surface area (Å²) in [5, 5.41) is 0. The zero-order valence-corrected chi connectivity index (χ0v) is 12.0. The summed E-state index contributed by atoms with van der Waals surface area (Å²) >= 11 is 0. The number of nitrogen functional groups attached to an aromatic ring is 2. The molecule has 0 saturated heterocycles. The third-order valence-electron chi connectivity index (χ3n) is 3.52. The van der Waals surface area contributed by atoms with Gasteiger partial charge in [-0.05, 0) is 35.4 Å². The van der Waals surface area contributed by atoms with E-state index in [0.29, 0.717) is 22.9 Å². The third kappa shape index (κ3) is 2.64. The number of benzene rings is 2. The minimum Gasteiger partial charge on any atom is -0.495 e. The average Bonchev–Trinajstić information content (AvgIpc) is 2.47. The van der Waals surface area contributed by atoms with Gasteiger partial charge in [-0.15, -0.1) is 0 Å². The highest BCUT2D eigenvalue weighted by atomic mass is 16.5. The molecular weight excluding hydrogens is 252 g/mol. The van der Waals surface area contributed by atoms with E-state index < -0.39 is 0 Å². The second-order valence-corrected chi connectivity index (χ2v) is 4.72. The van der Waals surface area contributed by atoms with Gasteiger partial charge in [0.2, 0.25) is 0 Å². The summed E-state index contributed by atoms with van der Waals surface area (Å²) in [5.41, 5.74) is 15.2. The summed E-state index contributed by atoms with van der Waals surface area (Å²) in [4.78, 5) is 0. The normalized spacial score (nSPS) is 10.6. The second-order valence-electron chi connectivity index (χ2n) is 4.72. The van der Waals surface area contributed by atoms with Crippen molar-refractivity contribution in [1.29, 1.82) is 0 Å². The van der Waals surface area contributed by atoms with E-state index in [4.69, 9.17) is 20.9 Å². The van der Waals surface area contributed by atoms with Gasteiger partial charge in [-0.1, -0.05) is 19.1 Å². The molecule has 0 aliphatic heterocycles. The van der Waals surface area contributed by atoms with Crippen molar-refractivity contribution in [1.82, 2.24) is 0 Å². The molecule has 0 fully saturated rings. The maximum atomic E-state index is 5.84. The molecular formula is C16H20N2O2. The molecule has 0 amide bonds. The van der Waals surface area contributed by atoms with Crippen LogP contribution in [-0.4, -0.2) is 14.2 Å². The molecule has 0 atom stereocenters. The van der Waals surface area contributed by atoms with Crippen LogP contribution in [0.5, 0.6) is 11.5 Å². The maximum absolute atomic E-state index is 5.84. The summed E-state index contributed by atoms with van der Waals surface area (Å²) in [6.07, 6.45) is 0. The van der Waals surface area contributed by atoms with Crippen molar-refractivity contribution in [3.8, 4) is 11.5 Å². The lowest BCUT2D eigenvalue weighted by atomic mass is 9.92. The van der Waals surface area contributed by atoms with Crippen LogP contribution in [0.25, 0.3) is 0 Å². The molecule has 0 aliphatic carbocycles. The van der Waals surface area contributed by atoms with Crippen molar-refractivity contribution in [2.75, 3.05) is 25.7 Å². The fraction of sp³-hybridized carbons (Fsp3) is 0.250. The Morgan fingerprint density at radius 3 is 1.55 bits per heavy atom. The van der Waals surface area contributed by atoms with E-state index in [-0.39, 0.29) is 5.92 Å². The lowest BCUT2D eigenvalue weighted by Crippen LogP contribution is -2.01. The molecule has 0 unspecified atom stereocenters. The van der Waals surface area contributed by atoms with Crippen LogP contribution in [-0.2, 0) is 0 Å². The van der Waals surface area contributed by atoms with Gasteiger partial charge in [0.1, 0.15) is 11.5 Å². The predicted molar refractivity (Wildman–Crippen MR) is 82.3 cm³/mol. The Kier molecular flexibility index (Phi) is 4.03. The van der Waals surface area contributed by atoms with Crippen molar-refractivity contribution in [2.24, 2.45) is 0 Å². The molecule has 4 nitrogen and oxygen atoms in total. The van der Waals surface area contributed by atoms with E-state index in [0.717, 1.165) is 11.1 Å². The molecule has 20 heavy (non-hydrogen) atoms. The Morgan fingerprint density at radius 1 is 0.800 bits per heavy atom. The molecule has 4 N–H and O–H groups in total. The first kappa shape index (κ1) is 14.1. The minimum absolute atomic E-state index is 0.194. The van der Waals surface area contributed by atoms with Gasteiger partial charge < -0.3 is 20.9 Å². The van der Waals surface area contributed by atoms with Crippen molar-refractivity contribution in [2.45, 2.75) is 12.8 Å². The molecule has 4 heteroatoms. The van der Waals surface area contributed by atoms with Crippen LogP contribution in [0.15, 0.2) is 36.4 Å². The largest absolute Gasteiger partial charge is 0.495 e. The van der Waals surface area contributed by atoms with Gasteiger partial charge in [0.05, 0.1) is 25.6 Å². The van der Waals surface area contributed by atoms with Crippen LogP contribution in [0.3, 0.4) is 0 Å². The standard InChI is InChI=1S/C16H20N2O2/c1-10(11-4-6-13(17)15(8-11)19-2)12-5-7-14(18)16(9-12)20-3/h4-10H,17-18H2,1-3H3. The number of hydrogen-bond acceptors (Lipinski definition) is 4. The number of ether oxygens (including phenoxy) is 2. The predicted octanol–water partition coefficient (Wildman–Crippen LogP) is 3.02. The number of nitrogens with two attached hydrogens (primary N) is 2. The zero-order valence-electron chi connectivity index (χ0n) is 12.0. The van der Waals surface area contributed by atoms with E-state index in [2.05, 4.69) is 6.92 Å². The maximum Gasteiger partial charge on any atom is 0.142 e. The highest BCUT2D eigenvalue weighted by Crippen LogP contribution is 2.33. The molecule has 0 spiro atoms. The molecule has 0 bridgehead atoms. The first-order valence-electron chi connectivity index (χ1n) is 6.43. The summed E-state index contributed by atoms with van der Waals surface area (Å²) in [6, 6.07) is 11.7. The smallest absolute Gasteiger partial charge is 0.142 e. The van der Waals surface area contributed by atoms with Crippen LogP contribution in [0, 0.1) is 0 Å². The average molecular weight is 272 g/mol. The van der Waals surface area contributed by atoms with E-state index in [9.17, 15) is 0 Å². The van der Waals surface area contributed by atoms with Crippen molar-refractivity contribution in [3.05, 3.63) is 47.5 Å². The van der Waals surface area contributed by atoms with E-state index >= 15 is 0 Å². The fourth-order valence-corrected chi connectivity index (χ4v) is 2.19. The Morgan fingerprint density at radius 2 is 1.20 bits per heavy atom. The van der Waals surface area contributed by atoms with Crippen LogP contribution in [0.2, 0.25) is 0 Å². The molecule has 0 radical (unpaired) electrons. The number of anilines is 2. The summed E-state index contributed by atoms with van der Waals surface area (Å²) in [7, 11) is 3.23. The van der Waals surface area contributed by atoms with E-state index in [1.807, 2.05) is 36.4 Å². The van der Waals surface area contributed by atoms with Gasteiger partial charge in [0.25, 0.3) is 0 Å². The SMILES string of the molecule is COc1cc(C(C)c2ccc(N)c(OC)c2)ccc1N. The number of hydrogen-bond donors (Lipinski definition) is 2. The lowest BCUT2D eigenvalue weighted by Gasteiger charge is -2.16. The van der Waals surface area contributed by atoms with Crippen LogP contribution >= 0.6 is 0 Å². The lowest BCUT2D eigenvalue weighted by molar-refractivity contribution is 0.415. The molecule has 0 aliphatic rings. The van der Waals surface area contributed by atoms with Gasteiger partial charge in [-0.3, -0.25) is 0 Å². The van der Waals surface area contributed by atoms with Crippen molar-refractivity contribution >= 4 is 11.4 Å². The highest BCUT2D eigenvalue weighted by Gasteiger charge is 2.12. The van der Waals surface area contributed by atoms with Crippen LogP contribution < -0.4 is 20.9 Å². The van der Waals surface area contributed by atoms with Gasteiger partial charge >= 0.3 is 0 Å². The molecule has 0 saturated carbocycles. The molecule has 106 valence electrons. The molecule has 2 aromatic rings. The molecule has 0 aromatic heterocycles. The van der Waals surface area contributed by atoms with Gasteiger partial charge in [-0.25, -0.2) is 0 Å². The number of rotatable bonds is 4. The third-order valence-corrected chi connectivity index (χ3v) is 3.52. The molecule has 2 aromatic carbocycles. The second kappa shape index (κ2) is 5.74. The summed E-state index contributed by atoms with van der Waals surface area (Å²) in [5.74, 6) is 1.58. The van der Waals surface area contributed by atoms with Crippen molar-refractivity contribution < 1.29 is 9.47 Å². The fourth-order valence-electron chi connectivity index (χ4n) is 2.19. The van der Waals surface area contributed by atoms with Gasteiger partial charge in [0, 0.05) is 5.92 Å².